The van der Waals surface area contributed by atoms with Crippen LogP contribution < -0.4 is 5.73 Å². The molecule has 0 radical (unpaired) electrons. The number of rotatable bonds is 5. The van der Waals surface area contributed by atoms with Crippen molar-refractivity contribution >= 4 is 5.69 Å². The fraction of sp³-hybridized carbons (Fsp3) is 0.400. The minimum atomic E-state index is -1.41. The second-order valence-electron chi connectivity index (χ2n) is 3.41. The fourth-order valence-electron chi connectivity index (χ4n) is 1.38. The first kappa shape index (κ1) is 12.5. The smallest absolute Gasteiger partial charge is 0.308 e. The van der Waals surface area contributed by atoms with E-state index in [1.165, 1.54) is 0 Å². The van der Waals surface area contributed by atoms with E-state index in [1.54, 1.807) is 0 Å². The Labute approximate surface area is 91.2 Å². The molecule has 2 N–H and O–H groups in total. The van der Waals surface area contributed by atoms with E-state index in [4.69, 9.17) is 5.73 Å². The lowest BCUT2D eigenvalue weighted by atomic mass is 10.1. The molecule has 0 fully saturated rings. The highest BCUT2D eigenvalue weighted by Crippen LogP contribution is 2.22. The van der Waals surface area contributed by atoms with Crippen LogP contribution in [0.5, 0.6) is 0 Å². The number of unbranched alkanes of at least 4 members (excludes halogenated alkanes) is 1. The second-order valence-corrected chi connectivity index (χ2v) is 3.41. The summed E-state index contributed by atoms with van der Waals surface area (Å²) in [6.07, 6.45) is 1.89. The number of nitro benzene ring substituents is 1. The average Bonchev–Trinajstić information content (AvgIpc) is 2.23. The van der Waals surface area contributed by atoms with Gasteiger partial charge in [0, 0.05) is 6.07 Å². The minimum Gasteiger partial charge on any atom is -0.330 e. The average molecular weight is 230 g/mol. The summed E-state index contributed by atoms with van der Waals surface area (Å²) in [5.41, 5.74) is 4.88. The molecule has 1 aromatic carbocycles. The molecule has 16 heavy (non-hydrogen) atoms. The normalized spacial score (nSPS) is 10.4. The van der Waals surface area contributed by atoms with Gasteiger partial charge in [-0.2, -0.15) is 4.39 Å². The van der Waals surface area contributed by atoms with Gasteiger partial charge in [0.15, 0.2) is 5.82 Å². The van der Waals surface area contributed by atoms with Crippen molar-refractivity contribution in [2.45, 2.75) is 19.3 Å². The minimum absolute atomic E-state index is 0.416. The first-order valence-electron chi connectivity index (χ1n) is 4.88. The van der Waals surface area contributed by atoms with Crippen molar-refractivity contribution < 1.29 is 13.7 Å². The van der Waals surface area contributed by atoms with Gasteiger partial charge < -0.3 is 5.73 Å². The summed E-state index contributed by atoms with van der Waals surface area (Å²) in [6.45, 7) is 0.506. The van der Waals surface area contributed by atoms with Crippen LogP contribution in [0.3, 0.4) is 0 Å². The van der Waals surface area contributed by atoms with E-state index in [1.807, 2.05) is 0 Å². The van der Waals surface area contributed by atoms with Gasteiger partial charge in [-0.15, -0.1) is 0 Å². The molecule has 0 unspecified atom stereocenters. The maximum Gasteiger partial charge on any atom is 0.308 e. The van der Waals surface area contributed by atoms with Crippen molar-refractivity contribution in [1.82, 2.24) is 0 Å². The fourth-order valence-corrected chi connectivity index (χ4v) is 1.38. The van der Waals surface area contributed by atoms with Crippen LogP contribution in [0.25, 0.3) is 0 Å². The highest BCUT2D eigenvalue weighted by molar-refractivity contribution is 5.37. The Morgan fingerprint density at radius 2 is 2.00 bits per heavy atom. The molecule has 0 spiro atoms. The van der Waals surface area contributed by atoms with Crippen LogP contribution >= 0.6 is 0 Å². The molecule has 0 bridgehead atoms. The van der Waals surface area contributed by atoms with Crippen molar-refractivity contribution in [2.24, 2.45) is 5.73 Å². The van der Waals surface area contributed by atoms with Crippen molar-refractivity contribution in [2.75, 3.05) is 6.54 Å². The Hall–Kier alpha value is -1.56. The summed E-state index contributed by atoms with van der Waals surface area (Å²) in [4.78, 5) is 9.51. The summed E-state index contributed by atoms with van der Waals surface area (Å²) in [5.74, 6) is -2.59. The highest BCUT2D eigenvalue weighted by atomic mass is 19.2. The summed E-state index contributed by atoms with van der Waals surface area (Å²) >= 11 is 0. The lowest BCUT2D eigenvalue weighted by molar-refractivity contribution is -0.387. The zero-order valence-corrected chi connectivity index (χ0v) is 8.58. The molecule has 88 valence electrons. The summed E-state index contributed by atoms with van der Waals surface area (Å²) < 4.78 is 26.0. The molecule has 0 saturated carbocycles. The summed E-state index contributed by atoms with van der Waals surface area (Å²) in [6, 6.07) is 2.05. The van der Waals surface area contributed by atoms with E-state index in [-0.39, 0.29) is 0 Å². The van der Waals surface area contributed by atoms with E-state index in [0.29, 0.717) is 24.9 Å². The molecular formula is C10H12F2N2O2. The molecule has 6 heteroatoms. The van der Waals surface area contributed by atoms with Crippen LogP contribution in [0, 0.1) is 21.7 Å². The first-order chi connectivity index (χ1) is 7.56. The summed E-state index contributed by atoms with van der Waals surface area (Å²) in [5, 5.41) is 10.4. The standard InChI is InChI=1S/C10H12F2N2O2/c11-8-5-7(3-1-2-4-13)6-9(10(8)12)14(15)16/h5-6H,1-4,13H2. The van der Waals surface area contributed by atoms with Crippen molar-refractivity contribution in [3.8, 4) is 0 Å². The van der Waals surface area contributed by atoms with Gasteiger partial charge >= 0.3 is 5.69 Å². The lowest BCUT2D eigenvalue weighted by Gasteiger charge is -2.02. The van der Waals surface area contributed by atoms with Gasteiger partial charge in [-0.1, -0.05) is 0 Å². The Morgan fingerprint density at radius 3 is 2.56 bits per heavy atom. The highest BCUT2D eigenvalue weighted by Gasteiger charge is 2.19. The molecule has 0 amide bonds. The first-order valence-corrected chi connectivity index (χ1v) is 4.88. The summed E-state index contributed by atoms with van der Waals surface area (Å²) in [7, 11) is 0. The van der Waals surface area contributed by atoms with Crippen LogP contribution in [0.4, 0.5) is 14.5 Å². The van der Waals surface area contributed by atoms with Gasteiger partial charge in [-0.25, -0.2) is 4.39 Å². The molecule has 0 aliphatic carbocycles. The topological polar surface area (TPSA) is 69.2 Å². The van der Waals surface area contributed by atoms with Crippen LogP contribution in [0.1, 0.15) is 18.4 Å². The van der Waals surface area contributed by atoms with E-state index in [9.17, 15) is 18.9 Å². The lowest BCUT2D eigenvalue weighted by Crippen LogP contribution is -2.01. The zero-order chi connectivity index (χ0) is 12.1. The van der Waals surface area contributed by atoms with Crippen molar-refractivity contribution in [1.29, 1.82) is 0 Å². The van der Waals surface area contributed by atoms with Crippen molar-refractivity contribution in [3.63, 3.8) is 0 Å². The molecule has 1 rings (SSSR count). The third-order valence-electron chi connectivity index (χ3n) is 2.19. The zero-order valence-electron chi connectivity index (χ0n) is 8.58. The molecule has 0 atom stereocenters. The third kappa shape index (κ3) is 2.96. The molecule has 0 aliphatic rings. The van der Waals surface area contributed by atoms with Gasteiger partial charge in [-0.3, -0.25) is 10.1 Å². The van der Waals surface area contributed by atoms with Crippen LogP contribution in [0.2, 0.25) is 0 Å². The van der Waals surface area contributed by atoms with Gasteiger partial charge in [0.2, 0.25) is 5.82 Å². The number of nitrogens with two attached hydrogens (primary N) is 1. The monoisotopic (exact) mass is 230 g/mol. The number of halogens is 2. The van der Waals surface area contributed by atoms with E-state index < -0.39 is 22.2 Å². The molecule has 0 aliphatic heterocycles. The number of benzene rings is 1. The van der Waals surface area contributed by atoms with Crippen LogP contribution in [-0.2, 0) is 6.42 Å². The predicted molar refractivity (Wildman–Crippen MR) is 55.0 cm³/mol. The van der Waals surface area contributed by atoms with Crippen molar-refractivity contribution in [3.05, 3.63) is 39.4 Å². The Morgan fingerprint density at radius 1 is 1.31 bits per heavy atom. The van der Waals surface area contributed by atoms with Crippen LogP contribution in [-0.4, -0.2) is 11.5 Å². The van der Waals surface area contributed by atoms with Gasteiger partial charge in [0.25, 0.3) is 0 Å². The number of nitrogens with zero attached hydrogens (tertiary/aromatic N) is 1. The van der Waals surface area contributed by atoms with Gasteiger partial charge in [-0.05, 0) is 37.4 Å². The maximum atomic E-state index is 13.0. The predicted octanol–water partition coefficient (Wildman–Crippen LogP) is 2.15. The molecule has 1 aromatic rings. The molecule has 0 heterocycles. The third-order valence-corrected chi connectivity index (χ3v) is 2.19. The quantitative estimate of drug-likeness (QED) is 0.478. The van der Waals surface area contributed by atoms with Gasteiger partial charge in [0.05, 0.1) is 4.92 Å². The van der Waals surface area contributed by atoms with E-state index in [0.717, 1.165) is 18.6 Å². The molecule has 4 nitrogen and oxygen atoms in total. The maximum absolute atomic E-state index is 13.0. The largest absolute Gasteiger partial charge is 0.330 e. The molecular weight excluding hydrogens is 218 g/mol. The van der Waals surface area contributed by atoms with E-state index >= 15 is 0 Å². The number of hydrogen-bond acceptors (Lipinski definition) is 3. The second kappa shape index (κ2) is 5.50. The number of hydrogen-bond donors (Lipinski definition) is 1. The Balaban J connectivity index is 2.91. The Kier molecular flexibility index (Phi) is 4.30. The molecule has 0 aromatic heterocycles. The molecule has 0 saturated heterocycles. The Bertz CT molecular complexity index is 397. The van der Waals surface area contributed by atoms with Gasteiger partial charge in [0.1, 0.15) is 0 Å². The number of nitro groups is 1. The number of aryl methyl sites for hydroxylation is 1. The van der Waals surface area contributed by atoms with Crippen LogP contribution in [0.15, 0.2) is 12.1 Å². The van der Waals surface area contributed by atoms with E-state index in [2.05, 4.69) is 0 Å². The SMILES string of the molecule is NCCCCc1cc(F)c(F)c([N+](=O)[O-])c1.